The number of rotatable bonds is 3. The Bertz CT molecular complexity index is 727. The molecular weight excluding hydrogens is 334 g/mol. The van der Waals surface area contributed by atoms with Crippen LogP contribution in [0.2, 0.25) is 5.02 Å². The summed E-state index contributed by atoms with van der Waals surface area (Å²) in [5, 5.41) is 3.65. The predicted octanol–water partition coefficient (Wildman–Crippen LogP) is 4.56. The summed E-state index contributed by atoms with van der Waals surface area (Å²) in [5.74, 6) is 0. The van der Waals surface area contributed by atoms with Crippen LogP contribution in [0.3, 0.4) is 0 Å². The van der Waals surface area contributed by atoms with Crippen LogP contribution in [0.15, 0.2) is 48.5 Å². The van der Waals surface area contributed by atoms with Crippen molar-refractivity contribution in [1.82, 2.24) is 9.80 Å². The van der Waals surface area contributed by atoms with Crippen molar-refractivity contribution < 1.29 is 4.79 Å². The lowest BCUT2D eigenvalue weighted by Gasteiger charge is -2.38. The lowest BCUT2D eigenvalue weighted by molar-refractivity contribution is 0.119. The average Bonchev–Trinajstić information content (AvgIpc) is 2.65. The van der Waals surface area contributed by atoms with E-state index >= 15 is 0 Å². The van der Waals surface area contributed by atoms with E-state index in [4.69, 9.17) is 11.6 Å². The standard InChI is InChI=1S/C20H24ClN3O/c1-15-18(21)9-6-10-19(15)22-20(25)24-13-11-23(12-14-24)16(2)17-7-4-3-5-8-17/h3-10,16H,11-14H2,1-2H3,(H,22,25). The first-order chi connectivity index (χ1) is 12.1. The van der Waals surface area contributed by atoms with Gasteiger partial charge in [-0.05, 0) is 37.1 Å². The lowest BCUT2D eigenvalue weighted by Crippen LogP contribution is -2.50. The van der Waals surface area contributed by atoms with Crippen LogP contribution < -0.4 is 5.32 Å². The molecule has 1 aliphatic rings. The van der Waals surface area contributed by atoms with Crippen LogP contribution in [0.25, 0.3) is 0 Å². The van der Waals surface area contributed by atoms with Gasteiger partial charge >= 0.3 is 6.03 Å². The molecule has 3 rings (SSSR count). The van der Waals surface area contributed by atoms with E-state index in [0.717, 1.165) is 37.4 Å². The molecule has 2 aromatic rings. The molecule has 0 radical (unpaired) electrons. The maximum atomic E-state index is 12.5. The molecule has 0 aromatic heterocycles. The Hall–Kier alpha value is -2.04. The Balaban J connectivity index is 1.57. The van der Waals surface area contributed by atoms with E-state index in [1.54, 1.807) is 0 Å². The van der Waals surface area contributed by atoms with E-state index < -0.39 is 0 Å². The van der Waals surface area contributed by atoms with Gasteiger partial charge < -0.3 is 10.2 Å². The molecule has 0 saturated carbocycles. The molecule has 1 unspecified atom stereocenters. The van der Waals surface area contributed by atoms with Crippen molar-refractivity contribution in [3.8, 4) is 0 Å². The van der Waals surface area contributed by atoms with Crippen molar-refractivity contribution in [2.24, 2.45) is 0 Å². The summed E-state index contributed by atoms with van der Waals surface area (Å²) >= 11 is 6.12. The van der Waals surface area contributed by atoms with Gasteiger partial charge in [-0.3, -0.25) is 4.90 Å². The smallest absolute Gasteiger partial charge is 0.321 e. The molecule has 2 amide bonds. The van der Waals surface area contributed by atoms with Crippen LogP contribution in [0.5, 0.6) is 0 Å². The highest BCUT2D eigenvalue weighted by molar-refractivity contribution is 6.31. The van der Waals surface area contributed by atoms with Crippen LogP contribution in [-0.2, 0) is 0 Å². The Morgan fingerprint density at radius 2 is 1.72 bits per heavy atom. The van der Waals surface area contributed by atoms with Gasteiger partial charge in [-0.25, -0.2) is 4.79 Å². The molecule has 132 valence electrons. The van der Waals surface area contributed by atoms with Crippen LogP contribution in [0.4, 0.5) is 10.5 Å². The number of anilines is 1. The maximum Gasteiger partial charge on any atom is 0.321 e. The van der Waals surface area contributed by atoms with E-state index in [-0.39, 0.29) is 6.03 Å². The van der Waals surface area contributed by atoms with Gasteiger partial charge in [0.15, 0.2) is 0 Å². The third kappa shape index (κ3) is 4.14. The van der Waals surface area contributed by atoms with Crippen molar-refractivity contribution in [2.45, 2.75) is 19.9 Å². The number of carbonyl (C=O) groups excluding carboxylic acids is 1. The second-order valence-electron chi connectivity index (χ2n) is 6.45. The zero-order valence-corrected chi connectivity index (χ0v) is 15.5. The molecule has 1 N–H and O–H groups in total. The largest absolute Gasteiger partial charge is 0.322 e. The molecule has 1 atom stereocenters. The highest BCUT2D eigenvalue weighted by Gasteiger charge is 2.25. The molecule has 1 heterocycles. The monoisotopic (exact) mass is 357 g/mol. The average molecular weight is 358 g/mol. The van der Waals surface area contributed by atoms with Gasteiger partial charge in [0.2, 0.25) is 0 Å². The van der Waals surface area contributed by atoms with Crippen molar-refractivity contribution in [1.29, 1.82) is 0 Å². The molecule has 1 aliphatic heterocycles. The molecule has 1 saturated heterocycles. The number of nitrogens with zero attached hydrogens (tertiary/aromatic N) is 2. The summed E-state index contributed by atoms with van der Waals surface area (Å²) in [6, 6.07) is 16.4. The number of benzene rings is 2. The number of hydrogen-bond donors (Lipinski definition) is 1. The fourth-order valence-corrected chi connectivity index (χ4v) is 3.37. The maximum absolute atomic E-state index is 12.5. The molecule has 0 bridgehead atoms. The fraction of sp³-hybridized carbons (Fsp3) is 0.350. The number of halogens is 1. The number of nitrogens with one attached hydrogen (secondary N) is 1. The van der Waals surface area contributed by atoms with E-state index in [1.807, 2.05) is 36.1 Å². The van der Waals surface area contributed by atoms with Crippen molar-refractivity contribution in [2.75, 3.05) is 31.5 Å². The van der Waals surface area contributed by atoms with E-state index in [1.165, 1.54) is 5.56 Å². The summed E-state index contributed by atoms with van der Waals surface area (Å²) in [6.07, 6.45) is 0. The number of urea groups is 1. The fourth-order valence-electron chi connectivity index (χ4n) is 3.19. The molecular formula is C20H24ClN3O. The molecule has 0 aliphatic carbocycles. The van der Waals surface area contributed by atoms with Gasteiger partial charge in [0, 0.05) is 42.9 Å². The van der Waals surface area contributed by atoms with Gasteiger partial charge in [-0.2, -0.15) is 0 Å². The van der Waals surface area contributed by atoms with Crippen molar-refractivity contribution in [3.63, 3.8) is 0 Å². The first-order valence-electron chi connectivity index (χ1n) is 8.66. The molecule has 25 heavy (non-hydrogen) atoms. The van der Waals surface area contributed by atoms with Gasteiger partial charge in [0.1, 0.15) is 0 Å². The summed E-state index contributed by atoms with van der Waals surface area (Å²) < 4.78 is 0. The molecule has 0 spiro atoms. The molecule has 4 nitrogen and oxygen atoms in total. The first kappa shape index (κ1) is 17.8. The number of piperazine rings is 1. The van der Waals surface area contributed by atoms with Gasteiger partial charge in [0.25, 0.3) is 0 Å². The molecule has 1 fully saturated rings. The normalized spacial score (nSPS) is 16.5. The van der Waals surface area contributed by atoms with Gasteiger partial charge in [0.05, 0.1) is 0 Å². The van der Waals surface area contributed by atoms with Crippen LogP contribution in [0, 0.1) is 6.92 Å². The Morgan fingerprint density at radius 3 is 2.40 bits per heavy atom. The predicted molar refractivity (Wildman–Crippen MR) is 103 cm³/mol. The zero-order valence-electron chi connectivity index (χ0n) is 14.7. The number of carbonyl (C=O) groups is 1. The molecule has 2 aromatic carbocycles. The van der Waals surface area contributed by atoms with Gasteiger partial charge in [-0.15, -0.1) is 0 Å². The third-order valence-electron chi connectivity index (χ3n) is 4.94. The highest BCUT2D eigenvalue weighted by Crippen LogP contribution is 2.24. The second-order valence-corrected chi connectivity index (χ2v) is 6.86. The summed E-state index contributed by atoms with van der Waals surface area (Å²) in [4.78, 5) is 16.8. The minimum Gasteiger partial charge on any atom is -0.322 e. The zero-order chi connectivity index (χ0) is 17.8. The summed E-state index contributed by atoms with van der Waals surface area (Å²) in [5.41, 5.74) is 2.99. The Morgan fingerprint density at radius 1 is 1.04 bits per heavy atom. The topological polar surface area (TPSA) is 35.6 Å². The second kappa shape index (κ2) is 7.89. The van der Waals surface area contributed by atoms with Crippen LogP contribution >= 0.6 is 11.6 Å². The highest BCUT2D eigenvalue weighted by atomic mass is 35.5. The lowest BCUT2D eigenvalue weighted by atomic mass is 10.1. The quantitative estimate of drug-likeness (QED) is 0.874. The Labute approximate surface area is 154 Å². The summed E-state index contributed by atoms with van der Waals surface area (Å²) in [6.45, 7) is 7.33. The van der Waals surface area contributed by atoms with Crippen molar-refractivity contribution >= 4 is 23.3 Å². The van der Waals surface area contributed by atoms with Gasteiger partial charge in [-0.1, -0.05) is 48.0 Å². The summed E-state index contributed by atoms with van der Waals surface area (Å²) in [7, 11) is 0. The SMILES string of the molecule is Cc1c(Cl)cccc1NC(=O)N1CCN(C(C)c2ccccc2)CC1. The minimum absolute atomic E-state index is 0.0580. The first-order valence-corrected chi connectivity index (χ1v) is 9.04. The Kier molecular flexibility index (Phi) is 5.61. The van der Waals surface area contributed by atoms with Crippen LogP contribution in [0.1, 0.15) is 24.1 Å². The number of hydrogen-bond acceptors (Lipinski definition) is 2. The van der Waals surface area contributed by atoms with Crippen LogP contribution in [-0.4, -0.2) is 42.0 Å². The van der Waals surface area contributed by atoms with Crippen molar-refractivity contribution in [3.05, 3.63) is 64.7 Å². The minimum atomic E-state index is -0.0580. The van der Waals surface area contributed by atoms with E-state index in [9.17, 15) is 4.79 Å². The van der Waals surface area contributed by atoms with E-state index in [0.29, 0.717) is 11.1 Å². The number of amides is 2. The van der Waals surface area contributed by atoms with E-state index in [2.05, 4.69) is 41.4 Å². The third-order valence-corrected chi connectivity index (χ3v) is 5.35. The molecule has 5 heteroatoms.